The first-order chi connectivity index (χ1) is 11.8. The predicted molar refractivity (Wildman–Crippen MR) is 92.8 cm³/mol. The monoisotopic (exact) mass is 343 g/mol. The van der Waals surface area contributed by atoms with Gasteiger partial charge in [0.05, 0.1) is 17.6 Å². The van der Waals surface area contributed by atoms with Gasteiger partial charge in [0.25, 0.3) is 0 Å². The van der Waals surface area contributed by atoms with Crippen LogP contribution in [0.1, 0.15) is 37.1 Å². The molecule has 126 valence electrons. The number of likely N-dealkylation sites (tertiary alicyclic amines) is 1. The molecule has 6 nitrogen and oxygen atoms in total. The zero-order chi connectivity index (χ0) is 16.4. The molecule has 0 saturated carbocycles. The number of aryl methyl sites for hydroxylation is 1. The lowest BCUT2D eigenvalue weighted by molar-refractivity contribution is 0.181. The Morgan fingerprint density at radius 3 is 2.92 bits per heavy atom. The minimum Gasteiger partial charge on any atom is -0.338 e. The molecule has 0 spiro atoms. The highest BCUT2D eigenvalue weighted by molar-refractivity contribution is 7.13. The number of aromatic nitrogens is 4. The third-order valence-electron chi connectivity index (χ3n) is 4.60. The van der Waals surface area contributed by atoms with Crippen molar-refractivity contribution in [2.45, 2.75) is 38.8 Å². The molecule has 24 heavy (non-hydrogen) atoms. The minimum atomic E-state index is 0.617. The molecule has 7 heteroatoms. The second-order valence-electron chi connectivity index (χ2n) is 6.17. The van der Waals surface area contributed by atoms with Crippen LogP contribution in [0.5, 0.6) is 0 Å². The van der Waals surface area contributed by atoms with Gasteiger partial charge in [-0.05, 0) is 55.8 Å². The van der Waals surface area contributed by atoms with E-state index in [-0.39, 0.29) is 0 Å². The molecule has 4 heterocycles. The summed E-state index contributed by atoms with van der Waals surface area (Å²) in [6.07, 6.45) is 6.52. The van der Waals surface area contributed by atoms with E-state index in [1.165, 1.54) is 5.56 Å². The molecule has 0 aromatic carbocycles. The molecule has 4 rings (SSSR count). The van der Waals surface area contributed by atoms with Crippen molar-refractivity contribution >= 4 is 11.3 Å². The Hall–Kier alpha value is -1.99. The summed E-state index contributed by atoms with van der Waals surface area (Å²) in [6, 6.07) is 4.02. The Balaban J connectivity index is 1.33. The van der Waals surface area contributed by atoms with E-state index in [0.29, 0.717) is 17.6 Å². The summed E-state index contributed by atoms with van der Waals surface area (Å²) in [7, 11) is 0. The summed E-state index contributed by atoms with van der Waals surface area (Å²) in [5.74, 6) is 2.02. The fourth-order valence-corrected chi connectivity index (χ4v) is 3.85. The summed E-state index contributed by atoms with van der Waals surface area (Å²) in [5.41, 5.74) is 1.37. The number of hydrogen-bond acceptors (Lipinski definition) is 6. The highest BCUT2D eigenvalue weighted by atomic mass is 32.1. The summed E-state index contributed by atoms with van der Waals surface area (Å²) >= 11 is 1.63. The first-order valence-corrected chi connectivity index (χ1v) is 9.31. The molecule has 1 fully saturated rings. The van der Waals surface area contributed by atoms with Crippen molar-refractivity contribution in [1.29, 1.82) is 0 Å². The number of thiophene rings is 1. The Morgan fingerprint density at radius 1 is 1.33 bits per heavy atom. The number of piperidine rings is 1. The van der Waals surface area contributed by atoms with Gasteiger partial charge < -0.3 is 4.52 Å². The fraction of sp³-hybridized carbons (Fsp3) is 0.471. The van der Waals surface area contributed by atoms with Gasteiger partial charge in [-0.2, -0.15) is 10.1 Å². The topological polar surface area (TPSA) is 60.0 Å². The van der Waals surface area contributed by atoms with Crippen molar-refractivity contribution in [2.24, 2.45) is 0 Å². The molecule has 3 aromatic rings. The van der Waals surface area contributed by atoms with Gasteiger partial charge in [0.1, 0.15) is 0 Å². The van der Waals surface area contributed by atoms with Crippen LogP contribution in [0.2, 0.25) is 0 Å². The van der Waals surface area contributed by atoms with Crippen LogP contribution in [0.4, 0.5) is 0 Å². The Morgan fingerprint density at radius 2 is 2.21 bits per heavy atom. The van der Waals surface area contributed by atoms with Gasteiger partial charge in [0.2, 0.25) is 11.7 Å². The van der Waals surface area contributed by atoms with E-state index in [4.69, 9.17) is 4.52 Å². The molecular formula is C17H21N5OS. The second kappa shape index (κ2) is 6.86. The lowest BCUT2D eigenvalue weighted by atomic mass is 9.91. The number of hydrogen-bond donors (Lipinski definition) is 0. The third-order valence-corrected chi connectivity index (χ3v) is 5.47. The molecule has 0 aliphatic carbocycles. The van der Waals surface area contributed by atoms with Crippen LogP contribution in [0.3, 0.4) is 0 Å². The summed E-state index contributed by atoms with van der Waals surface area (Å²) in [4.78, 5) is 7.96. The molecule has 0 N–H and O–H groups in total. The normalized spacial score (nSPS) is 16.7. The van der Waals surface area contributed by atoms with Crippen LogP contribution >= 0.6 is 11.3 Å². The van der Waals surface area contributed by atoms with E-state index in [1.54, 1.807) is 11.3 Å². The van der Waals surface area contributed by atoms with Crippen LogP contribution < -0.4 is 0 Å². The second-order valence-corrected chi connectivity index (χ2v) is 7.12. The van der Waals surface area contributed by atoms with Crippen molar-refractivity contribution in [3.63, 3.8) is 0 Å². The maximum atomic E-state index is 5.41. The summed E-state index contributed by atoms with van der Waals surface area (Å²) in [6.45, 7) is 5.90. The van der Waals surface area contributed by atoms with E-state index < -0.39 is 0 Å². The lowest BCUT2D eigenvalue weighted by Crippen LogP contribution is -2.32. The average molecular weight is 343 g/mol. The van der Waals surface area contributed by atoms with Crippen molar-refractivity contribution in [3.8, 4) is 10.7 Å². The predicted octanol–water partition coefficient (Wildman–Crippen LogP) is 3.39. The van der Waals surface area contributed by atoms with Crippen LogP contribution in [-0.4, -0.2) is 37.9 Å². The SMILES string of the molecule is CCn1cc(C2CCN(Cc3nc(-c4cccs4)no3)CC2)cn1. The molecule has 0 amide bonds. The molecule has 1 saturated heterocycles. The van der Waals surface area contributed by atoms with E-state index >= 15 is 0 Å². The van der Waals surface area contributed by atoms with Gasteiger partial charge in [0, 0.05) is 12.7 Å². The van der Waals surface area contributed by atoms with Gasteiger partial charge in [-0.15, -0.1) is 11.3 Å². The number of nitrogens with zero attached hydrogens (tertiary/aromatic N) is 5. The van der Waals surface area contributed by atoms with Gasteiger partial charge in [-0.1, -0.05) is 11.2 Å². The third kappa shape index (κ3) is 3.27. The highest BCUT2D eigenvalue weighted by Crippen LogP contribution is 2.28. The van der Waals surface area contributed by atoms with Gasteiger partial charge in [-0.3, -0.25) is 9.58 Å². The lowest BCUT2D eigenvalue weighted by Gasteiger charge is -2.30. The van der Waals surface area contributed by atoms with Crippen molar-refractivity contribution in [1.82, 2.24) is 24.8 Å². The van der Waals surface area contributed by atoms with Crippen molar-refractivity contribution in [2.75, 3.05) is 13.1 Å². The first kappa shape index (κ1) is 15.5. The highest BCUT2D eigenvalue weighted by Gasteiger charge is 2.23. The molecule has 3 aromatic heterocycles. The standard InChI is InChI=1S/C17H21N5OS/c1-2-22-11-14(10-18-22)13-5-7-21(8-6-13)12-16-19-17(20-23-16)15-4-3-9-24-15/h3-4,9-11,13H,2,5-8,12H2,1H3. The summed E-state index contributed by atoms with van der Waals surface area (Å²) in [5, 5.41) is 10.5. The molecule has 1 aliphatic heterocycles. The molecule has 0 atom stereocenters. The van der Waals surface area contributed by atoms with E-state index in [9.17, 15) is 0 Å². The quantitative estimate of drug-likeness (QED) is 0.710. The molecular weight excluding hydrogens is 322 g/mol. The maximum Gasteiger partial charge on any atom is 0.241 e. The molecule has 0 bridgehead atoms. The van der Waals surface area contributed by atoms with E-state index in [2.05, 4.69) is 33.3 Å². The zero-order valence-corrected chi connectivity index (χ0v) is 14.6. The smallest absolute Gasteiger partial charge is 0.241 e. The maximum absolute atomic E-state index is 5.41. The number of rotatable bonds is 5. The zero-order valence-electron chi connectivity index (χ0n) is 13.8. The largest absolute Gasteiger partial charge is 0.338 e. The van der Waals surface area contributed by atoms with Gasteiger partial charge in [0.15, 0.2) is 0 Å². The van der Waals surface area contributed by atoms with E-state index in [1.807, 2.05) is 28.4 Å². The Labute approximate surface area is 145 Å². The van der Waals surface area contributed by atoms with Crippen LogP contribution in [0, 0.1) is 0 Å². The summed E-state index contributed by atoms with van der Waals surface area (Å²) < 4.78 is 7.42. The van der Waals surface area contributed by atoms with Crippen LogP contribution in [-0.2, 0) is 13.1 Å². The molecule has 0 radical (unpaired) electrons. The first-order valence-electron chi connectivity index (χ1n) is 8.43. The molecule has 0 unspecified atom stereocenters. The molecule has 1 aliphatic rings. The minimum absolute atomic E-state index is 0.617. The van der Waals surface area contributed by atoms with Crippen LogP contribution in [0.25, 0.3) is 10.7 Å². The van der Waals surface area contributed by atoms with Crippen LogP contribution in [0.15, 0.2) is 34.4 Å². The van der Waals surface area contributed by atoms with Crippen molar-refractivity contribution in [3.05, 3.63) is 41.4 Å². The van der Waals surface area contributed by atoms with Gasteiger partial charge >= 0.3 is 0 Å². The average Bonchev–Trinajstić information content (AvgIpc) is 3.36. The van der Waals surface area contributed by atoms with Gasteiger partial charge in [-0.25, -0.2) is 0 Å². The fourth-order valence-electron chi connectivity index (χ4n) is 3.20. The van der Waals surface area contributed by atoms with E-state index in [0.717, 1.165) is 43.9 Å². The Kier molecular flexibility index (Phi) is 4.44. The Bertz CT molecular complexity index is 771. The van der Waals surface area contributed by atoms with Crippen molar-refractivity contribution < 1.29 is 4.52 Å².